The quantitative estimate of drug-likeness (QED) is 0.816. The van der Waals surface area contributed by atoms with Gasteiger partial charge in [-0.15, -0.1) is 11.3 Å². The van der Waals surface area contributed by atoms with Crippen molar-refractivity contribution in [3.8, 4) is 0 Å². The molecule has 1 amide bonds. The third-order valence-corrected chi connectivity index (χ3v) is 5.77. The Labute approximate surface area is 132 Å². The fraction of sp³-hybridized carbons (Fsp3) is 0.467. The minimum Gasteiger partial charge on any atom is -0.478 e. The number of hydrogen-bond donors (Lipinski definition) is 2. The number of thioether (sulfide) groups is 1. The van der Waals surface area contributed by atoms with Gasteiger partial charge in [-0.1, -0.05) is 0 Å². The predicted molar refractivity (Wildman–Crippen MR) is 88.0 cm³/mol. The molecule has 1 heterocycles. The summed E-state index contributed by atoms with van der Waals surface area (Å²) < 4.78 is 0. The molecule has 2 N–H and O–H groups in total. The molecule has 1 aliphatic rings. The summed E-state index contributed by atoms with van der Waals surface area (Å²) in [5.41, 5.74) is 0. The minimum atomic E-state index is -0.986. The van der Waals surface area contributed by atoms with Crippen molar-refractivity contribution < 1.29 is 14.7 Å². The SMILES string of the molecule is CSC1CCC(NC(=O)c2ccc(/C=C/C(=O)O)s2)CC1. The lowest BCUT2D eigenvalue weighted by atomic mass is 9.95. The van der Waals surface area contributed by atoms with Gasteiger partial charge >= 0.3 is 5.97 Å². The standard InChI is InChI=1S/C15H19NO3S2/c1-20-11-4-2-10(3-5-11)16-15(19)13-8-6-12(21-13)7-9-14(17)18/h6-11H,2-5H2,1H3,(H,16,19)(H,17,18)/b9-7+. The minimum absolute atomic E-state index is 0.0532. The van der Waals surface area contributed by atoms with E-state index in [4.69, 9.17) is 5.11 Å². The van der Waals surface area contributed by atoms with Gasteiger partial charge in [0.15, 0.2) is 0 Å². The van der Waals surface area contributed by atoms with E-state index in [9.17, 15) is 9.59 Å². The fourth-order valence-corrected chi connectivity index (χ4v) is 3.97. The number of carbonyl (C=O) groups is 2. The van der Waals surface area contributed by atoms with Crippen molar-refractivity contribution in [1.29, 1.82) is 0 Å². The zero-order chi connectivity index (χ0) is 15.2. The maximum atomic E-state index is 12.2. The van der Waals surface area contributed by atoms with Crippen LogP contribution in [-0.2, 0) is 4.79 Å². The number of carboxylic acids is 1. The van der Waals surface area contributed by atoms with Crippen LogP contribution in [-0.4, -0.2) is 34.5 Å². The van der Waals surface area contributed by atoms with Gasteiger partial charge in [0.1, 0.15) is 0 Å². The van der Waals surface area contributed by atoms with Gasteiger partial charge < -0.3 is 10.4 Å². The second kappa shape index (κ2) is 7.66. The second-order valence-electron chi connectivity index (χ2n) is 5.06. The predicted octanol–water partition coefficient (Wildman–Crippen LogP) is 3.25. The van der Waals surface area contributed by atoms with Crippen LogP contribution in [0.15, 0.2) is 18.2 Å². The summed E-state index contributed by atoms with van der Waals surface area (Å²) in [6.45, 7) is 0. The summed E-state index contributed by atoms with van der Waals surface area (Å²) in [7, 11) is 0. The number of thiophene rings is 1. The fourth-order valence-electron chi connectivity index (χ4n) is 2.42. The molecule has 1 aromatic heterocycles. The molecule has 0 aliphatic heterocycles. The molecular weight excluding hydrogens is 306 g/mol. The first-order valence-corrected chi connectivity index (χ1v) is 9.03. The van der Waals surface area contributed by atoms with Gasteiger partial charge in [-0.3, -0.25) is 4.79 Å². The molecule has 0 spiro atoms. The highest BCUT2D eigenvalue weighted by Crippen LogP contribution is 2.27. The lowest BCUT2D eigenvalue weighted by Gasteiger charge is -2.27. The Balaban J connectivity index is 1.88. The van der Waals surface area contributed by atoms with Crippen molar-refractivity contribution in [3.05, 3.63) is 28.0 Å². The van der Waals surface area contributed by atoms with Crippen LogP contribution in [0.25, 0.3) is 6.08 Å². The van der Waals surface area contributed by atoms with E-state index in [1.807, 2.05) is 11.8 Å². The van der Waals surface area contributed by atoms with Crippen LogP contribution in [0.1, 0.15) is 40.2 Å². The van der Waals surface area contributed by atoms with E-state index in [-0.39, 0.29) is 11.9 Å². The molecule has 0 aromatic carbocycles. The Bertz CT molecular complexity index is 531. The molecule has 0 radical (unpaired) electrons. The molecule has 114 valence electrons. The number of carbonyl (C=O) groups excluding carboxylic acids is 1. The highest BCUT2D eigenvalue weighted by Gasteiger charge is 2.22. The third-order valence-electron chi connectivity index (χ3n) is 3.58. The van der Waals surface area contributed by atoms with Crippen molar-refractivity contribution >= 4 is 41.1 Å². The summed E-state index contributed by atoms with van der Waals surface area (Å²) in [5.74, 6) is -1.04. The molecule has 0 bridgehead atoms. The van der Waals surface area contributed by atoms with Crippen LogP contribution in [0.2, 0.25) is 0 Å². The molecule has 4 nitrogen and oxygen atoms in total. The number of amides is 1. The molecule has 0 unspecified atom stereocenters. The summed E-state index contributed by atoms with van der Waals surface area (Å²) >= 11 is 3.22. The zero-order valence-electron chi connectivity index (χ0n) is 11.9. The molecule has 1 aromatic rings. The van der Waals surface area contributed by atoms with Gasteiger partial charge in [0.25, 0.3) is 5.91 Å². The van der Waals surface area contributed by atoms with Gasteiger partial charge in [-0.25, -0.2) is 4.79 Å². The molecular formula is C15H19NO3S2. The van der Waals surface area contributed by atoms with Crippen molar-refractivity contribution in [2.75, 3.05) is 6.26 Å². The topological polar surface area (TPSA) is 66.4 Å². The van der Waals surface area contributed by atoms with Gasteiger partial charge in [-0.2, -0.15) is 11.8 Å². The molecule has 1 saturated carbocycles. The smallest absolute Gasteiger partial charge is 0.328 e. The molecule has 0 saturated heterocycles. The highest BCUT2D eigenvalue weighted by molar-refractivity contribution is 7.99. The van der Waals surface area contributed by atoms with Crippen molar-refractivity contribution in [2.24, 2.45) is 0 Å². The van der Waals surface area contributed by atoms with Crippen LogP contribution < -0.4 is 5.32 Å². The van der Waals surface area contributed by atoms with Crippen LogP contribution in [0.5, 0.6) is 0 Å². The Morgan fingerprint density at radius 1 is 1.33 bits per heavy atom. The van der Waals surface area contributed by atoms with Gasteiger partial charge in [0.05, 0.1) is 4.88 Å². The van der Waals surface area contributed by atoms with Crippen LogP contribution in [0.3, 0.4) is 0 Å². The van der Waals surface area contributed by atoms with Crippen molar-refractivity contribution in [2.45, 2.75) is 37.0 Å². The summed E-state index contributed by atoms with van der Waals surface area (Å²) in [4.78, 5) is 24.0. The number of nitrogens with one attached hydrogen (secondary N) is 1. The molecule has 21 heavy (non-hydrogen) atoms. The maximum Gasteiger partial charge on any atom is 0.328 e. The monoisotopic (exact) mass is 325 g/mol. The van der Waals surface area contributed by atoms with Crippen LogP contribution in [0, 0.1) is 0 Å². The van der Waals surface area contributed by atoms with E-state index < -0.39 is 5.97 Å². The van der Waals surface area contributed by atoms with E-state index in [1.54, 1.807) is 12.1 Å². The normalized spacial score (nSPS) is 22.3. The zero-order valence-corrected chi connectivity index (χ0v) is 13.5. The summed E-state index contributed by atoms with van der Waals surface area (Å²) in [5, 5.41) is 12.4. The number of carboxylic acid groups (broad SMARTS) is 1. The average Bonchev–Trinajstić information content (AvgIpc) is 2.95. The lowest BCUT2D eigenvalue weighted by molar-refractivity contribution is -0.131. The first-order valence-electron chi connectivity index (χ1n) is 6.93. The van der Waals surface area contributed by atoms with Crippen molar-refractivity contribution in [3.63, 3.8) is 0 Å². The molecule has 2 rings (SSSR count). The number of hydrogen-bond acceptors (Lipinski definition) is 4. The Kier molecular flexibility index (Phi) is 5.87. The first-order chi connectivity index (χ1) is 10.1. The highest BCUT2D eigenvalue weighted by atomic mass is 32.2. The molecule has 6 heteroatoms. The van der Waals surface area contributed by atoms with Crippen molar-refractivity contribution in [1.82, 2.24) is 5.32 Å². The summed E-state index contributed by atoms with van der Waals surface area (Å²) in [6, 6.07) is 3.78. The first kappa shape index (κ1) is 16.1. The van der Waals surface area contributed by atoms with E-state index in [2.05, 4.69) is 11.6 Å². The Morgan fingerprint density at radius 2 is 2.05 bits per heavy atom. The van der Waals surface area contributed by atoms with E-state index in [1.165, 1.54) is 17.4 Å². The lowest BCUT2D eigenvalue weighted by Crippen LogP contribution is -2.37. The van der Waals surface area contributed by atoms with Crippen LogP contribution >= 0.6 is 23.1 Å². The van der Waals surface area contributed by atoms with Gasteiger partial charge in [-0.05, 0) is 50.1 Å². The summed E-state index contributed by atoms with van der Waals surface area (Å²) in [6.07, 6.45) is 9.11. The van der Waals surface area contributed by atoms with Gasteiger partial charge in [0.2, 0.25) is 0 Å². The Morgan fingerprint density at radius 3 is 2.67 bits per heavy atom. The Hall–Kier alpha value is -1.27. The molecule has 0 atom stereocenters. The maximum absolute atomic E-state index is 12.2. The van der Waals surface area contributed by atoms with Crippen LogP contribution in [0.4, 0.5) is 0 Å². The average molecular weight is 325 g/mol. The largest absolute Gasteiger partial charge is 0.478 e. The molecule has 1 fully saturated rings. The van der Waals surface area contributed by atoms with E-state index in [0.717, 1.165) is 41.9 Å². The van der Waals surface area contributed by atoms with Gasteiger partial charge in [0, 0.05) is 22.2 Å². The third kappa shape index (κ3) is 4.89. The number of rotatable bonds is 5. The second-order valence-corrected chi connectivity index (χ2v) is 7.31. The molecule has 1 aliphatic carbocycles. The van der Waals surface area contributed by atoms with E-state index >= 15 is 0 Å². The van der Waals surface area contributed by atoms with E-state index in [0.29, 0.717) is 4.88 Å². The number of aliphatic carboxylic acids is 1.